The van der Waals surface area contributed by atoms with Crippen molar-refractivity contribution in [2.24, 2.45) is 0 Å². The van der Waals surface area contributed by atoms with Crippen LogP contribution >= 0.6 is 0 Å². The lowest BCUT2D eigenvalue weighted by molar-refractivity contribution is -0.133. The van der Waals surface area contributed by atoms with E-state index in [1.165, 1.54) is 44.9 Å². The lowest BCUT2D eigenvalue weighted by Gasteiger charge is -2.24. The third-order valence-corrected chi connectivity index (χ3v) is 4.85. The van der Waals surface area contributed by atoms with Gasteiger partial charge in [-0.2, -0.15) is 0 Å². The highest BCUT2D eigenvalue weighted by atomic mass is 16.5. The molecule has 0 aliphatic rings. The number of carbonyl (C=O) groups excluding carboxylic acids is 1. The average Bonchev–Trinajstić information content (AvgIpc) is 2.66. The van der Waals surface area contributed by atoms with Gasteiger partial charge in [0.15, 0.2) is 0 Å². The third kappa shape index (κ3) is 17.2. The van der Waals surface area contributed by atoms with Gasteiger partial charge < -0.3 is 19.8 Å². The summed E-state index contributed by atoms with van der Waals surface area (Å²) >= 11 is 0. The number of aliphatic hydroxyl groups excluding tert-OH is 2. The fourth-order valence-corrected chi connectivity index (χ4v) is 3.16. The Morgan fingerprint density at radius 1 is 0.889 bits per heavy atom. The first-order valence-corrected chi connectivity index (χ1v) is 11.3. The van der Waals surface area contributed by atoms with Gasteiger partial charge in [0.1, 0.15) is 0 Å². The van der Waals surface area contributed by atoms with Crippen molar-refractivity contribution in [3.63, 3.8) is 0 Å². The maximum Gasteiger partial charge on any atom is 0.222 e. The van der Waals surface area contributed by atoms with Gasteiger partial charge in [0.2, 0.25) is 5.91 Å². The smallest absolute Gasteiger partial charge is 0.222 e. The summed E-state index contributed by atoms with van der Waals surface area (Å²) < 4.78 is 5.56. The van der Waals surface area contributed by atoms with Crippen LogP contribution in [0.4, 0.5) is 0 Å². The molecule has 0 bridgehead atoms. The summed E-state index contributed by atoms with van der Waals surface area (Å²) in [5, 5.41) is 19.3. The number of hydrogen-bond acceptors (Lipinski definition) is 4. The van der Waals surface area contributed by atoms with E-state index in [0.717, 1.165) is 32.1 Å². The van der Waals surface area contributed by atoms with E-state index in [1.807, 2.05) is 0 Å². The highest BCUT2D eigenvalue weighted by molar-refractivity contribution is 5.76. The molecule has 0 saturated carbocycles. The maximum absolute atomic E-state index is 12.2. The molecule has 5 nitrogen and oxygen atoms in total. The zero-order chi connectivity index (χ0) is 20.2. The molecule has 0 aromatic carbocycles. The predicted molar refractivity (Wildman–Crippen MR) is 112 cm³/mol. The quantitative estimate of drug-likeness (QED) is 0.306. The molecule has 0 saturated heterocycles. The van der Waals surface area contributed by atoms with E-state index < -0.39 is 6.10 Å². The molecule has 0 aromatic rings. The number of hydrogen-bond donors (Lipinski definition) is 2. The van der Waals surface area contributed by atoms with Gasteiger partial charge in [0.05, 0.1) is 19.3 Å². The molecule has 27 heavy (non-hydrogen) atoms. The summed E-state index contributed by atoms with van der Waals surface area (Å²) in [4.78, 5) is 13.8. The zero-order valence-corrected chi connectivity index (χ0v) is 18.0. The van der Waals surface area contributed by atoms with Crippen LogP contribution in [0, 0.1) is 0 Å². The molecule has 2 N–H and O–H groups in total. The molecule has 0 radical (unpaired) electrons. The molecule has 0 aliphatic heterocycles. The highest BCUT2D eigenvalue weighted by Gasteiger charge is 2.17. The second-order valence-electron chi connectivity index (χ2n) is 7.58. The zero-order valence-electron chi connectivity index (χ0n) is 18.0. The molecule has 0 spiro atoms. The number of nitrogens with zero attached hydrogens (tertiary/aromatic N) is 1. The van der Waals surface area contributed by atoms with Gasteiger partial charge in [-0.05, 0) is 12.8 Å². The Kier molecular flexibility index (Phi) is 19.6. The van der Waals surface area contributed by atoms with E-state index in [9.17, 15) is 9.90 Å². The van der Waals surface area contributed by atoms with E-state index in [-0.39, 0.29) is 32.2 Å². The summed E-state index contributed by atoms with van der Waals surface area (Å²) in [6.07, 6.45) is 14.1. The molecule has 0 aliphatic carbocycles. The Labute approximate surface area is 167 Å². The molecular weight excluding hydrogens is 342 g/mol. The van der Waals surface area contributed by atoms with Crippen molar-refractivity contribution in [3.8, 4) is 0 Å². The summed E-state index contributed by atoms with van der Waals surface area (Å²) in [6.45, 7) is 5.74. The predicted octanol–water partition coefficient (Wildman–Crippen LogP) is 4.30. The largest absolute Gasteiger partial charge is 0.395 e. The van der Waals surface area contributed by atoms with Crippen molar-refractivity contribution >= 4 is 5.91 Å². The van der Waals surface area contributed by atoms with Crippen molar-refractivity contribution in [1.82, 2.24) is 4.90 Å². The van der Waals surface area contributed by atoms with E-state index in [2.05, 4.69) is 13.8 Å². The Balaban J connectivity index is 3.75. The van der Waals surface area contributed by atoms with Crippen LogP contribution in [0.5, 0.6) is 0 Å². The highest BCUT2D eigenvalue weighted by Crippen LogP contribution is 2.09. The molecule has 1 amide bonds. The van der Waals surface area contributed by atoms with Crippen LogP contribution in [0.3, 0.4) is 0 Å². The topological polar surface area (TPSA) is 70.0 Å². The van der Waals surface area contributed by atoms with Crippen molar-refractivity contribution < 1.29 is 19.7 Å². The van der Waals surface area contributed by atoms with Crippen molar-refractivity contribution in [2.45, 2.75) is 103 Å². The molecular formula is C22H45NO4. The lowest BCUT2D eigenvalue weighted by atomic mass is 10.1. The molecule has 0 rings (SSSR count). The van der Waals surface area contributed by atoms with Crippen LogP contribution in [0.25, 0.3) is 0 Å². The van der Waals surface area contributed by atoms with Gasteiger partial charge in [0, 0.05) is 26.1 Å². The fourth-order valence-electron chi connectivity index (χ4n) is 3.16. The van der Waals surface area contributed by atoms with Crippen molar-refractivity contribution in [1.29, 1.82) is 0 Å². The van der Waals surface area contributed by atoms with E-state index >= 15 is 0 Å². The van der Waals surface area contributed by atoms with Gasteiger partial charge in [0.25, 0.3) is 0 Å². The first-order valence-electron chi connectivity index (χ1n) is 11.3. The van der Waals surface area contributed by atoms with Gasteiger partial charge in [-0.25, -0.2) is 0 Å². The van der Waals surface area contributed by atoms with Crippen LogP contribution < -0.4 is 0 Å². The fraction of sp³-hybridized carbons (Fsp3) is 0.955. The summed E-state index contributed by atoms with van der Waals surface area (Å²) in [7, 11) is 0. The first-order chi connectivity index (χ1) is 13.2. The number of aliphatic hydroxyl groups is 2. The molecule has 1 unspecified atom stereocenters. The molecule has 0 heterocycles. The van der Waals surface area contributed by atoms with Crippen LogP contribution in [-0.4, -0.2) is 60.0 Å². The van der Waals surface area contributed by atoms with Gasteiger partial charge in [-0.1, -0.05) is 78.1 Å². The Hall–Kier alpha value is -0.650. The number of amides is 1. The SMILES string of the molecule is CCCCCCCCCCOCC(O)CN(CCO)C(=O)CCCCCC. The van der Waals surface area contributed by atoms with Gasteiger partial charge in [-0.3, -0.25) is 4.79 Å². The van der Waals surface area contributed by atoms with Crippen LogP contribution in [0.1, 0.15) is 97.3 Å². The number of carbonyl (C=O) groups is 1. The minimum Gasteiger partial charge on any atom is -0.395 e. The van der Waals surface area contributed by atoms with E-state index in [1.54, 1.807) is 4.90 Å². The van der Waals surface area contributed by atoms with Crippen LogP contribution in [0.2, 0.25) is 0 Å². The van der Waals surface area contributed by atoms with Crippen molar-refractivity contribution in [2.75, 3.05) is 32.9 Å². The summed E-state index contributed by atoms with van der Waals surface area (Å²) in [6, 6.07) is 0. The molecule has 1 atom stereocenters. The maximum atomic E-state index is 12.2. The second kappa shape index (κ2) is 20.1. The first kappa shape index (κ1) is 26.4. The van der Waals surface area contributed by atoms with Crippen LogP contribution in [0.15, 0.2) is 0 Å². The summed E-state index contributed by atoms with van der Waals surface area (Å²) in [5.74, 6) is 0.0160. The molecule has 5 heteroatoms. The van der Waals surface area contributed by atoms with Gasteiger partial charge in [-0.15, -0.1) is 0 Å². The molecule has 162 valence electrons. The lowest BCUT2D eigenvalue weighted by Crippen LogP contribution is -2.40. The third-order valence-electron chi connectivity index (χ3n) is 4.85. The van der Waals surface area contributed by atoms with E-state index in [0.29, 0.717) is 13.0 Å². The van der Waals surface area contributed by atoms with Gasteiger partial charge >= 0.3 is 0 Å². The number of unbranched alkanes of at least 4 members (excludes halogenated alkanes) is 10. The Morgan fingerprint density at radius 3 is 2.04 bits per heavy atom. The second-order valence-corrected chi connectivity index (χ2v) is 7.58. The minimum absolute atomic E-state index is 0.0160. The Bertz CT molecular complexity index is 325. The minimum atomic E-state index is -0.690. The Morgan fingerprint density at radius 2 is 1.44 bits per heavy atom. The van der Waals surface area contributed by atoms with Crippen LogP contribution in [-0.2, 0) is 9.53 Å². The molecule has 0 aromatic heterocycles. The number of rotatable bonds is 20. The average molecular weight is 388 g/mol. The number of ether oxygens (including phenoxy) is 1. The van der Waals surface area contributed by atoms with E-state index in [4.69, 9.17) is 9.84 Å². The molecule has 0 fully saturated rings. The normalized spacial score (nSPS) is 12.3. The van der Waals surface area contributed by atoms with Crippen molar-refractivity contribution in [3.05, 3.63) is 0 Å². The standard InChI is InChI=1S/C22H45NO4/c1-3-5-7-9-10-11-12-14-18-27-20-21(25)19-23(16-17-24)22(26)15-13-8-6-4-2/h21,24-25H,3-20H2,1-2H3. The monoisotopic (exact) mass is 387 g/mol. The summed E-state index contributed by atoms with van der Waals surface area (Å²) in [5.41, 5.74) is 0.